The third-order valence-corrected chi connectivity index (χ3v) is 4.16. The molecule has 0 amide bonds. The van der Waals surface area contributed by atoms with Crippen LogP contribution in [0.4, 0.5) is 0 Å². The SMILES string of the molecule is CCCCCCCCCc1ccc(S(=O)(=O)O)cc1.O. The third-order valence-electron chi connectivity index (χ3n) is 3.29. The fourth-order valence-corrected chi connectivity index (χ4v) is 2.59. The smallest absolute Gasteiger partial charge is 0.294 e. The van der Waals surface area contributed by atoms with Gasteiger partial charge in [-0.15, -0.1) is 0 Å². The van der Waals surface area contributed by atoms with Crippen molar-refractivity contribution in [2.45, 2.75) is 63.2 Å². The van der Waals surface area contributed by atoms with Crippen molar-refractivity contribution >= 4 is 10.1 Å². The zero-order valence-corrected chi connectivity index (χ0v) is 13.0. The first-order chi connectivity index (χ1) is 9.04. The molecule has 0 unspecified atom stereocenters. The molecule has 5 heteroatoms. The molecule has 4 nitrogen and oxygen atoms in total. The minimum Gasteiger partial charge on any atom is -0.412 e. The van der Waals surface area contributed by atoms with E-state index in [-0.39, 0.29) is 10.4 Å². The highest BCUT2D eigenvalue weighted by Crippen LogP contribution is 2.13. The van der Waals surface area contributed by atoms with E-state index in [9.17, 15) is 8.42 Å². The van der Waals surface area contributed by atoms with Gasteiger partial charge in [0.2, 0.25) is 0 Å². The second kappa shape index (κ2) is 9.91. The molecule has 0 saturated carbocycles. The highest BCUT2D eigenvalue weighted by Gasteiger charge is 2.07. The summed E-state index contributed by atoms with van der Waals surface area (Å²) in [5.41, 5.74) is 1.13. The molecule has 0 radical (unpaired) electrons. The largest absolute Gasteiger partial charge is 0.412 e. The summed E-state index contributed by atoms with van der Waals surface area (Å²) in [5.74, 6) is 0. The van der Waals surface area contributed by atoms with Crippen molar-refractivity contribution in [3.8, 4) is 0 Å². The summed E-state index contributed by atoms with van der Waals surface area (Å²) in [6.45, 7) is 2.22. The third kappa shape index (κ3) is 7.62. The summed E-state index contributed by atoms with van der Waals surface area (Å²) in [6.07, 6.45) is 9.87. The molecule has 0 aliphatic heterocycles. The molecule has 116 valence electrons. The molecule has 1 rings (SSSR count). The Bertz CT molecular complexity index is 451. The molecule has 0 atom stereocenters. The lowest BCUT2D eigenvalue weighted by molar-refractivity contribution is 0.483. The van der Waals surface area contributed by atoms with Crippen molar-refractivity contribution in [2.24, 2.45) is 0 Å². The second-order valence-corrected chi connectivity index (χ2v) is 6.41. The molecule has 0 aliphatic carbocycles. The number of hydrogen-bond acceptors (Lipinski definition) is 2. The Morgan fingerprint density at radius 3 is 1.90 bits per heavy atom. The average molecular weight is 302 g/mol. The van der Waals surface area contributed by atoms with Gasteiger partial charge in [-0.05, 0) is 30.5 Å². The van der Waals surface area contributed by atoms with E-state index < -0.39 is 10.1 Å². The summed E-state index contributed by atoms with van der Waals surface area (Å²) in [7, 11) is -4.06. The summed E-state index contributed by atoms with van der Waals surface area (Å²) < 4.78 is 30.6. The lowest BCUT2D eigenvalue weighted by Gasteiger charge is -2.03. The molecule has 0 spiro atoms. The van der Waals surface area contributed by atoms with E-state index in [1.807, 2.05) is 0 Å². The first-order valence-electron chi connectivity index (χ1n) is 7.10. The van der Waals surface area contributed by atoms with Crippen molar-refractivity contribution < 1.29 is 18.4 Å². The van der Waals surface area contributed by atoms with Gasteiger partial charge < -0.3 is 5.48 Å². The van der Waals surface area contributed by atoms with Crippen molar-refractivity contribution in [3.63, 3.8) is 0 Å². The van der Waals surface area contributed by atoms with Crippen LogP contribution in [0.5, 0.6) is 0 Å². The monoisotopic (exact) mass is 302 g/mol. The Hall–Kier alpha value is -0.910. The summed E-state index contributed by atoms with van der Waals surface area (Å²) in [5, 5.41) is 0. The Kier molecular flexibility index (Phi) is 9.46. The highest BCUT2D eigenvalue weighted by molar-refractivity contribution is 7.85. The second-order valence-electron chi connectivity index (χ2n) is 4.99. The van der Waals surface area contributed by atoms with Crippen LogP contribution in [0.2, 0.25) is 0 Å². The summed E-state index contributed by atoms with van der Waals surface area (Å²) in [4.78, 5) is -0.0317. The van der Waals surface area contributed by atoms with Crippen LogP contribution in [0.25, 0.3) is 0 Å². The van der Waals surface area contributed by atoms with E-state index in [0.717, 1.165) is 18.4 Å². The van der Waals surface area contributed by atoms with Gasteiger partial charge in [0.05, 0.1) is 4.90 Å². The lowest BCUT2D eigenvalue weighted by Crippen LogP contribution is -1.98. The number of unbranched alkanes of at least 4 members (excludes halogenated alkanes) is 6. The molecule has 20 heavy (non-hydrogen) atoms. The Morgan fingerprint density at radius 1 is 0.900 bits per heavy atom. The van der Waals surface area contributed by atoms with Crippen LogP contribution in [0.1, 0.15) is 57.4 Å². The predicted molar refractivity (Wildman–Crippen MR) is 81.6 cm³/mol. The van der Waals surface area contributed by atoms with Gasteiger partial charge in [0, 0.05) is 0 Å². The lowest BCUT2D eigenvalue weighted by atomic mass is 10.0. The van der Waals surface area contributed by atoms with Crippen LogP contribution in [0.3, 0.4) is 0 Å². The van der Waals surface area contributed by atoms with Crippen LogP contribution in [-0.4, -0.2) is 18.4 Å². The van der Waals surface area contributed by atoms with Crippen LogP contribution in [0, 0.1) is 0 Å². The number of benzene rings is 1. The normalized spacial score (nSPS) is 11.1. The van der Waals surface area contributed by atoms with Crippen molar-refractivity contribution in [3.05, 3.63) is 29.8 Å². The molecular weight excluding hydrogens is 276 g/mol. The van der Waals surface area contributed by atoms with Gasteiger partial charge >= 0.3 is 0 Å². The topological polar surface area (TPSA) is 85.9 Å². The van der Waals surface area contributed by atoms with E-state index in [0.29, 0.717) is 0 Å². The fourth-order valence-electron chi connectivity index (χ4n) is 2.11. The van der Waals surface area contributed by atoms with Gasteiger partial charge in [0.15, 0.2) is 0 Å². The van der Waals surface area contributed by atoms with E-state index in [1.165, 1.54) is 50.7 Å². The van der Waals surface area contributed by atoms with Crippen LogP contribution in [-0.2, 0) is 16.5 Å². The highest BCUT2D eigenvalue weighted by atomic mass is 32.2. The number of rotatable bonds is 9. The molecule has 0 aliphatic rings. The van der Waals surface area contributed by atoms with Gasteiger partial charge in [-0.3, -0.25) is 4.55 Å². The first kappa shape index (κ1) is 19.1. The van der Waals surface area contributed by atoms with E-state index in [2.05, 4.69) is 6.92 Å². The van der Waals surface area contributed by atoms with Crippen molar-refractivity contribution in [1.82, 2.24) is 0 Å². The molecule has 0 fully saturated rings. The number of hydrogen-bond donors (Lipinski definition) is 1. The van der Waals surface area contributed by atoms with Gasteiger partial charge in [0.25, 0.3) is 10.1 Å². The Morgan fingerprint density at radius 2 is 1.40 bits per heavy atom. The Labute approximate surface area is 122 Å². The van der Waals surface area contributed by atoms with Gasteiger partial charge in [-0.1, -0.05) is 57.6 Å². The standard InChI is InChI=1S/C15H24O3S.H2O/c1-2-3-4-5-6-7-8-9-14-10-12-15(13-11-14)19(16,17)18;/h10-13H,2-9H2,1H3,(H,16,17,18);1H2. The number of aryl methyl sites for hydroxylation is 1. The van der Waals surface area contributed by atoms with Gasteiger partial charge in [-0.25, -0.2) is 0 Å². The predicted octanol–water partition coefficient (Wildman–Crippen LogP) is 3.40. The van der Waals surface area contributed by atoms with E-state index in [1.54, 1.807) is 12.1 Å². The van der Waals surface area contributed by atoms with Crippen LogP contribution >= 0.6 is 0 Å². The van der Waals surface area contributed by atoms with Gasteiger partial charge in [-0.2, -0.15) is 8.42 Å². The van der Waals surface area contributed by atoms with Crippen molar-refractivity contribution in [1.29, 1.82) is 0 Å². The quantitative estimate of drug-likeness (QED) is 0.560. The van der Waals surface area contributed by atoms with Crippen LogP contribution < -0.4 is 0 Å². The maximum atomic E-state index is 10.9. The van der Waals surface area contributed by atoms with E-state index in [4.69, 9.17) is 4.55 Å². The Balaban J connectivity index is 0.00000361. The molecular formula is C15H26O4S. The molecule has 1 aromatic rings. The summed E-state index contributed by atoms with van der Waals surface area (Å²) in [6, 6.07) is 6.48. The van der Waals surface area contributed by atoms with E-state index >= 15 is 0 Å². The van der Waals surface area contributed by atoms with Gasteiger partial charge in [0.1, 0.15) is 0 Å². The molecule has 0 aromatic heterocycles. The van der Waals surface area contributed by atoms with Crippen LogP contribution in [0.15, 0.2) is 29.2 Å². The molecule has 0 heterocycles. The first-order valence-corrected chi connectivity index (χ1v) is 8.54. The zero-order chi connectivity index (χ0) is 14.1. The fraction of sp³-hybridized carbons (Fsp3) is 0.600. The molecule has 3 N–H and O–H groups in total. The maximum absolute atomic E-state index is 10.9. The minimum atomic E-state index is -4.06. The summed E-state index contributed by atoms with van der Waals surface area (Å²) >= 11 is 0. The molecule has 1 aromatic carbocycles. The zero-order valence-electron chi connectivity index (χ0n) is 12.1. The molecule has 0 bridgehead atoms. The average Bonchev–Trinajstić information content (AvgIpc) is 2.37. The molecule has 0 saturated heterocycles. The minimum absolute atomic E-state index is 0. The maximum Gasteiger partial charge on any atom is 0.294 e. The van der Waals surface area contributed by atoms with Crippen molar-refractivity contribution in [2.75, 3.05) is 0 Å².